The van der Waals surface area contributed by atoms with Crippen molar-refractivity contribution >= 4 is 16.8 Å². The molecule has 1 aromatic carbocycles. The fourth-order valence-corrected chi connectivity index (χ4v) is 2.58. The number of benzene rings is 1. The van der Waals surface area contributed by atoms with Crippen molar-refractivity contribution in [2.45, 2.75) is 33.1 Å². The summed E-state index contributed by atoms with van der Waals surface area (Å²) in [5, 5.41) is 10.2. The number of hydrogen-bond donors (Lipinski definition) is 1. The Hall–Kier alpha value is -1.94. The zero-order valence-electron chi connectivity index (χ0n) is 13.4. The standard InChI is InChI=1S/C18H24N2O2/c1-3-4-5-11-20(12-13-21)18(22)16-8-6-7-15-10-9-14(2)19-17(15)16/h6-10,21H,3-5,11-13H2,1-2H3. The number of fused-ring (bicyclic) bond motifs is 1. The highest BCUT2D eigenvalue weighted by atomic mass is 16.3. The highest BCUT2D eigenvalue weighted by Crippen LogP contribution is 2.19. The molecule has 0 unspecified atom stereocenters. The van der Waals surface area contributed by atoms with Crippen LogP contribution in [0.4, 0.5) is 0 Å². The Kier molecular flexibility index (Phi) is 5.90. The molecule has 1 aromatic heterocycles. The first-order chi connectivity index (χ1) is 10.7. The van der Waals surface area contributed by atoms with Crippen LogP contribution in [-0.4, -0.2) is 40.6 Å². The van der Waals surface area contributed by atoms with Crippen LogP contribution in [0.2, 0.25) is 0 Å². The number of aryl methyl sites for hydroxylation is 1. The summed E-state index contributed by atoms with van der Waals surface area (Å²) in [6.07, 6.45) is 3.15. The number of unbranched alkanes of at least 4 members (excludes halogenated alkanes) is 2. The molecule has 0 aliphatic heterocycles. The number of carbonyl (C=O) groups excluding carboxylic acids is 1. The van der Waals surface area contributed by atoms with Crippen molar-refractivity contribution in [1.29, 1.82) is 0 Å². The number of carbonyl (C=O) groups is 1. The molecule has 4 nitrogen and oxygen atoms in total. The van der Waals surface area contributed by atoms with E-state index < -0.39 is 0 Å². The van der Waals surface area contributed by atoms with Crippen LogP contribution < -0.4 is 0 Å². The van der Waals surface area contributed by atoms with Gasteiger partial charge in [-0.3, -0.25) is 9.78 Å². The molecule has 1 heterocycles. The van der Waals surface area contributed by atoms with E-state index >= 15 is 0 Å². The normalized spacial score (nSPS) is 10.9. The molecule has 0 bridgehead atoms. The number of nitrogens with zero attached hydrogens (tertiary/aromatic N) is 2. The van der Waals surface area contributed by atoms with E-state index in [-0.39, 0.29) is 12.5 Å². The molecule has 118 valence electrons. The zero-order chi connectivity index (χ0) is 15.9. The molecule has 0 fully saturated rings. The van der Waals surface area contributed by atoms with Crippen LogP contribution in [0.15, 0.2) is 30.3 Å². The SMILES string of the molecule is CCCCCN(CCO)C(=O)c1cccc2ccc(C)nc12. The molecule has 0 aliphatic rings. The Morgan fingerprint density at radius 1 is 1.18 bits per heavy atom. The largest absolute Gasteiger partial charge is 0.395 e. The van der Waals surface area contributed by atoms with E-state index in [1.165, 1.54) is 0 Å². The van der Waals surface area contributed by atoms with Gasteiger partial charge >= 0.3 is 0 Å². The van der Waals surface area contributed by atoms with Gasteiger partial charge in [-0.15, -0.1) is 0 Å². The topological polar surface area (TPSA) is 53.4 Å². The average Bonchev–Trinajstić information content (AvgIpc) is 2.53. The minimum absolute atomic E-state index is 0.0188. The third-order valence-corrected chi connectivity index (χ3v) is 3.78. The molecule has 2 aromatic rings. The Morgan fingerprint density at radius 2 is 2.00 bits per heavy atom. The van der Waals surface area contributed by atoms with Crippen molar-refractivity contribution in [2.24, 2.45) is 0 Å². The Morgan fingerprint density at radius 3 is 2.73 bits per heavy atom. The Bertz CT molecular complexity index is 640. The van der Waals surface area contributed by atoms with E-state index in [9.17, 15) is 9.90 Å². The van der Waals surface area contributed by atoms with Crippen LogP contribution in [0.25, 0.3) is 10.9 Å². The van der Waals surface area contributed by atoms with Crippen molar-refractivity contribution < 1.29 is 9.90 Å². The third-order valence-electron chi connectivity index (χ3n) is 3.78. The first kappa shape index (κ1) is 16.4. The summed E-state index contributed by atoms with van der Waals surface area (Å²) in [6.45, 7) is 5.08. The predicted octanol–water partition coefficient (Wildman–Crippen LogP) is 3.17. The number of rotatable bonds is 7. The van der Waals surface area contributed by atoms with Crippen molar-refractivity contribution in [3.8, 4) is 0 Å². The number of pyridine rings is 1. The van der Waals surface area contributed by atoms with Gasteiger partial charge in [0.05, 0.1) is 17.7 Å². The summed E-state index contributed by atoms with van der Waals surface area (Å²) in [5.74, 6) is -0.0474. The molecule has 1 N–H and O–H groups in total. The van der Waals surface area contributed by atoms with Crippen LogP contribution in [0.5, 0.6) is 0 Å². The van der Waals surface area contributed by atoms with Crippen LogP contribution in [0.3, 0.4) is 0 Å². The monoisotopic (exact) mass is 300 g/mol. The Balaban J connectivity index is 2.31. The van der Waals surface area contributed by atoms with E-state index in [1.54, 1.807) is 4.90 Å². The van der Waals surface area contributed by atoms with E-state index in [0.717, 1.165) is 35.9 Å². The van der Waals surface area contributed by atoms with Gasteiger partial charge in [-0.2, -0.15) is 0 Å². The van der Waals surface area contributed by atoms with Gasteiger partial charge in [-0.1, -0.05) is 38.0 Å². The lowest BCUT2D eigenvalue weighted by molar-refractivity contribution is 0.0720. The maximum Gasteiger partial charge on any atom is 0.256 e. The van der Waals surface area contributed by atoms with Crippen molar-refractivity contribution in [2.75, 3.05) is 19.7 Å². The molecular formula is C18H24N2O2. The minimum Gasteiger partial charge on any atom is -0.395 e. The summed E-state index contributed by atoms with van der Waals surface area (Å²) in [6, 6.07) is 9.61. The van der Waals surface area contributed by atoms with Gasteiger partial charge in [0.1, 0.15) is 0 Å². The van der Waals surface area contributed by atoms with Gasteiger partial charge in [0, 0.05) is 24.2 Å². The number of amides is 1. The van der Waals surface area contributed by atoms with Crippen LogP contribution >= 0.6 is 0 Å². The van der Waals surface area contributed by atoms with Crippen molar-refractivity contribution in [3.63, 3.8) is 0 Å². The van der Waals surface area contributed by atoms with Gasteiger partial charge in [0.2, 0.25) is 0 Å². The molecular weight excluding hydrogens is 276 g/mol. The Labute approximate surface area is 131 Å². The summed E-state index contributed by atoms with van der Waals surface area (Å²) in [7, 11) is 0. The highest BCUT2D eigenvalue weighted by molar-refractivity contribution is 6.05. The molecule has 0 spiro atoms. The van der Waals surface area contributed by atoms with E-state index in [2.05, 4.69) is 11.9 Å². The molecule has 0 saturated carbocycles. The molecule has 1 amide bonds. The minimum atomic E-state index is -0.0474. The average molecular weight is 300 g/mol. The van der Waals surface area contributed by atoms with Gasteiger partial charge < -0.3 is 10.0 Å². The molecule has 0 atom stereocenters. The molecule has 0 aliphatic carbocycles. The molecule has 2 rings (SSSR count). The smallest absolute Gasteiger partial charge is 0.256 e. The second-order valence-corrected chi connectivity index (χ2v) is 5.55. The number of aliphatic hydroxyl groups excluding tert-OH is 1. The molecule has 22 heavy (non-hydrogen) atoms. The number of hydrogen-bond acceptors (Lipinski definition) is 3. The van der Waals surface area contributed by atoms with E-state index in [1.807, 2.05) is 37.3 Å². The maximum absolute atomic E-state index is 12.8. The van der Waals surface area contributed by atoms with Crippen LogP contribution in [-0.2, 0) is 0 Å². The fourth-order valence-electron chi connectivity index (χ4n) is 2.58. The summed E-state index contributed by atoms with van der Waals surface area (Å²) >= 11 is 0. The summed E-state index contributed by atoms with van der Waals surface area (Å²) < 4.78 is 0. The lowest BCUT2D eigenvalue weighted by atomic mass is 10.1. The lowest BCUT2D eigenvalue weighted by Crippen LogP contribution is -2.34. The fraction of sp³-hybridized carbons (Fsp3) is 0.444. The molecule has 0 radical (unpaired) electrons. The second kappa shape index (κ2) is 7.90. The predicted molar refractivity (Wildman–Crippen MR) is 89.0 cm³/mol. The van der Waals surface area contributed by atoms with Gasteiger partial charge in [0.15, 0.2) is 0 Å². The van der Waals surface area contributed by atoms with Crippen molar-refractivity contribution in [3.05, 3.63) is 41.6 Å². The summed E-state index contributed by atoms with van der Waals surface area (Å²) in [5.41, 5.74) is 2.25. The summed E-state index contributed by atoms with van der Waals surface area (Å²) in [4.78, 5) is 19.1. The first-order valence-corrected chi connectivity index (χ1v) is 7.94. The van der Waals surface area contributed by atoms with Gasteiger partial charge in [-0.05, 0) is 25.5 Å². The second-order valence-electron chi connectivity index (χ2n) is 5.55. The van der Waals surface area contributed by atoms with Crippen molar-refractivity contribution in [1.82, 2.24) is 9.88 Å². The van der Waals surface area contributed by atoms with Gasteiger partial charge in [-0.25, -0.2) is 0 Å². The third kappa shape index (κ3) is 3.83. The van der Waals surface area contributed by atoms with Crippen LogP contribution in [0, 0.1) is 6.92 Å². The molecule has 4 heteroatoms. The van der Waals surface area contributed by atoms with E-state index in [4.69, 9.17) is 0 Å². The zero-order valence-corrected chi connectivity index (χ0v) is 13.4. The number of aliphatic hydroxyl groups is 1. The molecule has 0 saturated heterocycles. The van der Waals surface area contributed by atoms with Gasteiger partial charge in [0.25, 0.3) is 5.91 Å². The van der Waals surface area contributed by atoms with E-state index in [0.29, 0.717) is 18.7 Å². The number of aromatic nitrogens is 1. The quantitative estimate of drug-likeness (QED) is 0.799. The first-order valence-electron chi connectivity index (χ1n) is 7.94. The lowest BCUT2D eigenvalue weighted by Gasteiger charge is -2.22. The number of para-hydroxylation sites is 1. The highest BCUT2D eigenvalue weighted by Gasteiger charge is 2.18. The van der Waals surface area contributed by atoms with Crippen LogP contribution in [0.1, 0.15) is 42.2 Å². The maximum atomic E-state index is 12.8.